The van der Waals surface area contributed by atoms with Crippen molar-refractivity contribution in [1.82, 2.24) is 19.4 Å². The monoisotopic (exact) mass is 352 g/mol. The van der Waals surface area contributed by atoms with Gasteiger partial charge in [0.25, 0.3) is 0 Å². The summed E-state index contributed by atoms with van der Waals surface area (Å²) >= 11 is 0. The summed E-state index contributed by atoms with van der Waals surface area (Å²) in [6, 6.07) is 9.75. The van der Waals surface area contributed by atoms with Crippen LogP contribution in [-0.4, -0.2) is 51.6 Å². The van der Waals surface area contributed by atoms with Crippen molar-refractivity contribution in [1.29, 1.82) is 0 Å². The summed E-state index contributed by atoms with van der Waals surface area (Å²) in [5.74, 6) is 0.661. The lowest BCUT2D eigenvalue weighted by atomic mass is 9.87. The summed E-state index contributed by atoms with van der Waals surface area (Å²) in [7, 11) is 0. The van der Waals surface area contributed by atoms with Crippen molar-refractivity contribution in [2.45, 2.75) is 52.2 Å². The van der Waals surface area contributed by atoms with E-state index in [0.717, 1.165) is 19.1 Å². The molecule has 0 spiro atoms. The summed E-state index contributed by atoms with van der Waals surface area (Å²) in [6.45, 7) is 11.4. The molecule has 2 heterocycles. The average Bonchev–Trinajstić information content (AvgIpc) is 3.08. The predicted octanol–water partition coefficient (Wildman–Crippen LogP) is 3.21. The van der Waals surface area contributed by atoms with Crippen LogP contribution in [0.15, 0.2) is 36.8 Å². The third-order valence-corrected chi connectivity index (χ3v) is 5.99. The van der Waals surface area contributed by atoms with Gasteiger partial charge in [0.2, 0.25) is 0 Å². The Bertz CT molecular complexity index is 712. The quantitative estimate of drug-likeness (QED) is 0.826. The molecule has 4 heteroatoms. The Morgan fingerprint density at radius 3 is 2.62 bits per heavy atom. The van der Waals surface area contributed by atoms with Crippen molar-refractivity contribution in [3.63, 3.8) is 0 Å². The molecule has 4 nitrogen and oxygen atoms in total. The van der Waals surface area contributed by atoms with Crippen LogP contribution in [0.5, 0.6) is 0 Å². The molecule has 1 aromatic heterocycles. The van der Waals surface area contributed by atoms with Gasteiger partial charge in [-0.1, -0.05) is 38.1 Å². The first-order chi connectivity index (χ1) is 12.7. The molecule has 0 bridgehead atoms. The number of fused-ring (bicyclic) bond motifs is 1. The van der Waals surface area contributed by atoms with Crippen LogP contribution < -0.4 is 0 Å². The van der Waals surface area contributed by atoms with Crippen LogP contribution in [-0.2, 0) is 25.9 Å². The van der Waals surface area contributed by atoms with Gasteiger partial charge >= 0.3 is 0 Å². The number of rotatable bonds is 5. The largest absolute Gasteiger partial charge is 0.333 e. The van der Waals surface area contributed by atoms with E-state index in [2.05, 4.69) is 57.5 Å². The molecule has 2 aliphatic rings. The van der Waals surface area contributed by atoms with E-state index >= 15 is 0 Å². The van der Waals surface area contributed by atoms with E-state index in [9.17, 15) is 0 Å². The second kappa shape index (κ2) is 7.93. The smallest absolute Gasteiger partial charge is 0.0948 e. The first-order valence-corrected chi connectivity index (χ1v) is 10.2. The molecule has 0 radical (unpaired) electrons. The molecule has 1 fully saturated rings. The van der Waals surface area contributed by atoms with Gasteiger partial charge in [0.15, 0.2) is 0 Å². The topological polar surface area (TPSA) is 24.3 Å². The van der Waals surface area contributed by atoms with Gasteiger partial charge in [0.05, 0.1) is 12.0 Å². The van der Waals surface area contributed by atoms with E-state index in [4.69, 9.17) is 0 Å². The van der Waals surface area contributed by atoms with E-state index in [1.54, 1.807) is 11.1 Å². The zero-order chi connectivity index (χ0) is 17.9. The van der Waals surface area contributed by atoms with Gasteiger partial charge in [-0.15, -0.1) is 0 Å². The van der Waals surface area contributed by atoms with Gasteiger partial charge in [-0.25, -0.2) is 4.98 Å². The van der Waals surface area contributed by atoms with Crippen LogP contribution in [0.25, 0.3) is 0 Å². The molecule has 4 rings (SSSR count). The van der Waals surface area contributed by atoms with Gasteiger partial charge < -0.3 is 4.57 Å². The number of hydrogen-bond donors (Lipinski definition) is 0. The predicted molar refractivity (Wildman–Crippen MR) is 106 cm³/mol. The van der Waals surface area contributed by atoms with Crippen molar-refractivity contribution in [2.75, 3.05) is 26.2 Å². The standard InChI is InChI=1S/C22H32N4/c1-18(2)15-26-17-23-14-22(26)16-24-9-11-25(12-10-24)21-8-7-19-5-3-4-6-20(19)13-21/h3-6,14,17-18,21H,7-13,15-16H2,1-2H3. The van der Waals surface area contributed by atoms with Crippen molar-refractivity contribution in [3.8, 4) is 0 Å². The number of nitrogens with zero attached hydrogens (tertiary/aromatic N) is 4. The second-order valence-electron chi connectivity index (χ2n) is 8.41. The number of imidazole rings is 1. The Labute approximate surface area is 157 Å². The van der Waals surface area contributed by atoms with Crippen LogP contribution in [0.3, 0.4) is 0 Å². The molecule has 2 aromatic rings. The van der Waals surface area contributed by atoms with Gasteiger partial charge in [-0.2, -0.15) is 0 Å². The molecule has 1 unspecified atom stereocenters. The lowest BCUT2D eigenvalue weighted by Crippen LogP contribution is -2.51. The highest BCUT2D eigenvalue weighted by Crippen LogP contribution is 2.25. The number of aromatic nitrogens is 2. The Kier molecular flexibility index (Phi) is 5.41. The van der Waals surface area contributed by atoms with E-state index in [1.807, 2.05) is 12.5 Å². The molecule has 1 aromatic carbocycles. The SMILES string of the molecule is CC(C)Cn1cncc1CN1CCN(C2CCc3ccccc3C2)CC1. The highest BCUT2D eigenvalue weighted by Gasteiger charge is 2.27. The number of piperazine rings is 1. The maximum Gasteiger partial charge on any atom is 0.0948 e. The zero-order valence-electron chi connectivity index (χ0n) is 16.3. The molecule has 26 heavy (non-hydrogen) atoms. The molecular formula is C22H32N4. The van der Waals surface area contributed by atoms with E-state index in [0.29, 0.717) is 5.92 Å². The molecule has 0 N–H and O–H groups in total. The van der Waals surface area contributed by atoms with E-state index in [-0.39, 0.29) is 0 Å². The third kappa shape index (κ3) is 4.02. The van der Waals surface area contributed by atoms with Crippen molar-refractivity contribution in [2.24, 2.45) is 5.92 Å². The van der Waals surface area contributed by atoms with E-state index < -0.39 is 0 Å². The molecule has 0 saturated carbocycles. The zero-order valence-corrected chi connectivity index (χ0v) is 16.3. The first-order valence-electron chi connectivity index (χ1n) is 10.2. The van der Waals surface area contributed by atoms with Crippen molar-refractivity contribution < 1.29 is 0 Å². The normalized spacial score (nSPS) is 21.9. The van der Waals surface area contributed by atoms with Crippen LogP contribution in [0, 0.1) is 5.92 Å². The molecule has 1 saturated heterocycles. The minimum Gasteiger partial charge on any atom is -0.333 e. The fraction of sp³-hybridized carbons (Fsp3) is 0.591. The lowest BCUT2D eigenvalue weighted by Gasteiger charge is -2.41. The molecule has 1 aliphatic carbocycles. The number of benzene rings is 1. The van der Waals surface area contributed by atoms with Crippen molar-refractivity contribution >= 4 is 0 Å². The Morgan fingerprint density at radius 1 is 1.08 bits per heavy atom. The fourth-order valence-electron chi connectivity index (χ4n) is 4.54. The maximum absolute atomic E-state index is 4.38. The van der Waals surface area contributed by atoms with Gasteiger partial charge in [0.1, 0.15) is 0 Å². The fourth-order valence-corrected chi connectivity index (χ4v) is 4.54. The average molecular weight is 353 g/mol. The summed E-state index contributed by atoms with van der Waals surface area (Å²) in [5, 5.41) is 0. The lowest BCUT2D eigenvalue weighted by molar-refractivity contribution is 0.0842. The second-order valence-corrected chi connectivity index (χ2v) is 8.41. The summed E-state index contributed by atoms with van der Waals surface area (Å²) in [4.78, 5) is 9.71. The summed E-state index contributed by atoms with van der Waals surface area (Å²) in [6.07, 6.45) is 7.84. The van der Waals surface area contributed by atoms with Gasteiger partial charge in [0, 0.05) is 51.5 Å². The molecule has 1 atom stereocenters. The van der Waals surface area contributed by atoms with Crippen LogP contribution >= 0.6 is 0 Å². The van der Waals surface area contributed by atoms with Crippen LogP contribution in [0.1, 0.15) is 37.1 Å². The van der Waals surface area contributed by atoms with Gasteiger partial charge in [-0.05, 0) is 36.3 Å². The summed E-state index contributed by atoms with van der Waals surface area (Å²) < 4.78 is 2.33. The Hall–Kier alpha value is -1.65. The molecule has 0 amide bonds. The summed E-state index contributed by atoms with van der Waals surface area (Å²) in [5.41, 5.74) is 4.50. The van der Waals surface area contributed by atoms with Crippen molar-refractivity contribution in [3.05, 3.63) is 53.6 Å². The molecular weight excluding hydrogens is 320 g/mol. The maximum atomic E-state index is 4.38. The number of aryl methyl sites for hydroxylation is 1. The molecule has 140 valence electrons. The highest BCUT2D eigenvalue weighted by molar-refractivity contribution is 5.30. The Balaban J connectivity index is 1.30. The number of hydrogen-bond acceptors (Lipinski definition) is 3. The molecule has 1 aliphatic heterocycles. The van der Waals surface area contributed by atoms with E-state index in [1.165, 1.54) is 51.1 Å². The first kappa shape index (κ1) is 17.7. The van der Waals surface area contributed by atoms with Gasteiger partial charge in [-0.3, -0.25) is 9.80 Å². The Morgan fingerprint density at radius 2 is 1.85 bits per heavy atom. The van der Waals surface area contributed by atoms with Crippen LogP contribution in [0.2, 0.25) is 0 Å². The van der Waals surface area contributed by atoms with Crippen LogP contribution in [0.4, 0.5) is 0 Å². The highest BCUT2D eigenvalue weighted by atomic mass is 15.3. The minimum absolute atomic E-state index is 0.661. The third-order valence-electron chi connectivity index (χ3n) is 5.99. The minimum atomic E-state index is 0.661.